The van der Waals surface area contributed by atoms with Gasteiger partial charge in [0, 0.05) is 5.69 Å². The fourth-order valence-corrected chi connectivity index (χ4v) is 4.18. The second kappa shape index (κ2) is 10.2. The van der Waals surface area contributed by atoms with Crippen molar-refractivity contribution in [3.05, 3.63) is 63.0 Å². The lowest BCUT2D eigenvalue weighted by Gasteiger charge is -2.12. The molecule has 31 heavy (non-hydrogen) atoms. The SMILES string of the molecule is Cc1cccc(NC(=O)CN2C(=O)S/C(=C/c3ccc(OCC(C)C)c(Br)c3)C2=O)c1. The first-order valence-electron chi connectivity index (χ1n) is 9.77. The summed E-state index contributed by atoms with van der Waals surface area (Å²) in [5.74, 6) is 0.210. The lowest BCUT2D eigenvalue weighted by Crippen LogP contribution is -2.36. The third-order valence-electron chi connectivity index (χ3n) is 4.30. The topological polar surface area (TPSA) is 75.7 Å². The Morgan fingerprint density at radius 1 is 1.23 bits per heavy atom. The zero-order valence-electron chi connectivity index (χ0n) is 17.5. The fraction of sp³-hybridized carbons (Fsp3) is 0.261. The minimum absolute atomic E-state index is 0.274. The smallest absolute Gasteiger partial charge is 0.294 e. The highest BCUT2D eigenvalue weighted by molar-refractivity contribution is 9.10. The highest BCUT2D eigenvalue weighted by Gasteiger charge is 2.36. The number of carbonyl (C=O) groups is 3. The van der Waals surface area contributed by atoms with Gasteiger partial charge in [-0.05, 0) is 82.0 Å². The lowest BCUT2D eigenvalue weighted by molar-refractivity contribution is -0.127. The predicted molar refractivity (Wildman–Crippen MR) is 127 cm³/mol. The molecule has 3 amide bonds. The standard InChI is InChI=1S/C23H23BrN2O4S/c1-14(2)13-30-19-8-7-16(10-18(19)24)11-20-22(28)26(23(29)31-20)12-21(27)25-17-6-4-5-15(3)9-17/h4-11,14H,12-13H2,1-3H3,(H,25,27)/b20-11+. The van der Waals surface area contributed by atoms with Crippen molar-refractivity contribution in [2.75, 3.05) is 18.5 Å². The van der Waals surface area contributed by atoms with E-state index in [0.717, 1.165) is 32.3 Å². The normalized spacial score (nSPS) is 15.1. The van der Waals surface area contributed by atoms with Crippen molar-refractivity contribution < 1.29 is 19.1 Å². The van der Waals surface area contributed by atoms with Gasteiger partial charge < -0.3 is 10.1 Å². The van der Waals surface area contributed by atoms with Crippen LogP contribution in [0.4, 0.5) is 10.5 Å². The second-order valence-electron chi connectivity index (χ2n) is 7.58. The Morgan fingerprint density at radius 3 is 2.68 bits per heavy atom. The van der Waals surface area contributed by atoms with Crippen LogP contribution in [0.5, 0.6) is 5.75 Å². The average molecular weight is 503 g/mol. The molecule has 0 spiro atoms. The van der Waals surface area contributed by atoms with Crippen molar-refractivity contribution in [2.24, 2.45) is 5.92 Å². The number of anilines is 1. The third-order valence-corrected chi connectivity index (χ3v) is 5.83. The molecule has 0 aliphatic carbocycles. The maximum absolute atomic E-state index is 12.7. The predicted octanol–water partition coefficient (Wildman–Crippen LogP) is 5.47. The van der Waals surface area contributed by atoms with E-state index in [1.807, 2.05) is 43.3 Å². The quantitative estimate of drug-likeness (QED) is 0.508. The van der Waals surface area contributed by atoms with Gasteiger partial charge in [0.05, 0.1) is 16.0 Å². The van der Waals surface area contributed by atoms with Crippen molar-refractivity contribution in [2.45, 2.75) is 20.8 Å². The molecule has 1 saturated heterocycles. The lowest BCUT2D eigenvalue weighted by atomic mass is 10.2. The molecule has 0 radical (unpaired) electrons. The summed E-state index contributed by atoms with van der Waals surface area (Å²) in [4.78, 5) is 38.6. The average Bonchev–Trinajstić information content (AvgIpc) is 2.94. The Balaban J connectivity index is 1.67. The summed E-state index contributed by atoms with van der Waals surface area (Å²) in [6.07, 6.45) is 1.64. The number of amides is 3. The van der Waals surface area contributed by atoms with Crippen LogP contribution in [0.1, 0.15) is 25.0 Å². The van der Waals surface area contributed by atoms with E-state index < -0.39 is 17.1 Å². The van der Waals surface area contributed by atoms with Crippen LogP contribution in [0.25, 0.3) is 6.08 Å². The van der Waals surface area contributed by atoms with Gasteiger partial charge in [-0.15, -0.1) is 0 Å². The molecule has 0 aromatic heterocycles. The number of aryl methyl sites for hydroxylation is 1. The third kappa shape index (κ3) is 6.21. The molecule has 0 atom stereocenters. The van der Waals surface area contributed by atoms with Gasteiger partial charge in [-0.25, -0.2) is 0 Å². The van der Waals surface area contributed by atoms with E-state index in [2.05, 4.69) is 35.1 Å². The molecule has 0 bridgehead atoms. The van der Waals surface area contributed by atoms with Gasteiger partial charge in [0.1, 0.15) is 12.3 Å². The number of benzene rings is 2. The van der Waals surface area contributed by atoms with Crippen molar-refractivity contribution in [1.29, 1.82) is 0 Å². The van der Waals surface area contributed by atoms with Gasteiger partial charge in [0.15, 0.2) is 0 Å². The van der Waals surface area contributed by atoms with Crippen molar-refractivity contribution in [3.63, 3.8) is 0 Å². The molecule has 1 N–H and O–H groups in total. The van der Waals surface area contributed by atoms with Gasteiger partial charge in [-0.2, -0.15) is 0 Å². The van der Waals surface area contributed by atoms with Crippen molar-refractivity contribution in [1.82, 2.24) is 4.90 Å². The number of hydrogen-bond donors (Lipinski definition) is 1. The molecule has 1 heterocycles. The summed E-state index contributed by atoms with van der Waals surface area (Å²) in [7, 11) is 0. The number of thioether (sulfide) groups is 1. The van der Waals surface area contributed by atoms with Gasteiger partial charge in [-0.3, -0.25) is 19.3 Å². The molecule has 8 heteroatoms. The number of ether oxygens (including phenoxy) is 1. The van der Waals surface area contributed by atoms with Gasteiger partial charge >= 0.3 is 0 Å². The Labute approximate surface area is 194 Å². The minimum Gasteiger partial charge on any atom is -0.492 e. The van der Waals surface area contributed by atoms with Crippen LogP contribution in [0.15, 0.2) is 51.8 Å². The maximum Gasteiger partial charge on any atom is 0.294 e. The molecular formula is C23H23BrN2O4S. The molecule has 6 nitrogen and oxygen atoms in total. The Morgan fingerprint density at radius 2 is 2.00 bits per heavy atom. The van der Waals surface area contributed by atoms with Crippen molar-refractivity contribution in [3.8, 4) is 5.75 Å². The number of nitrogens with zero attached hydrogens (tertiary/aromatic N) is 1. The van der Waals surface area contributed by atoms with E-state index in [0.29, 0.717) is 24.0 Å². The summed E-state index contributed by atoms with van der Waals surface area (Å²) < 4.78 is 6.49. The minimum atomic E-state index is -0.481. The first-order chi connectivity index (χ1) is 14.7. The molecule has 3 rings (SSSR count). The number of halogens is 1. The largest absolute Gasteiger partial charge is 0.492 e. The number of hydrogen-bond acceptors (Lipinski definition) is 5. The summed E-state index contributed by atoms with van der Waals surface area (Å²) in [6, 6.07) is 12.8. The molecule has 2 aromatic rings. The first kappa shape index (κ1) is 23.1. The Hall–Kier alpha value is -2.58. The molecule has 2 aromatic carbocycles. The second-order valence-corrected chi connectivity index (χ2v) is 9.43. The Kier molecular flexibility index (Phi) is 7.56. The molecule has 1 aliphatic heterocycles. The highest BCUT2D eigenvalue weighted by atomic mass is 79.9. The van der Waals surface area contributed by atoms with E-state index in [4.69, 9.17) is 4.74 Å². The van der Waals surface area contributed by atoms with E-state index in [1.54, 1.807) is 12.1 Å². The van der Waals surface area contributed by atoms with E-state index in [-0.39, 0.29) is 11.4 Å². The van der Waals surface area contributed by atoms with Crippen LogP contribution < -0.4 is 10.1 Å². The molecule has 0 saturated carbocycles. The summed E-state index contributed by atoms with van der Waals surface area (Å²) >= 11 is 4.30. The van der Waals surface area contributed by atoms with Crippen LogP contribution in [-0.2, 0) is 9.59 Å². The molecular weight excluding hydrogens is 480 g/mol. The van der Waals surface area contributed by atoms with Gasteiger partial charge in [0.25, 0.3) is 11.1 Å². The number of nitrogens with one attached hydrogen (secondary N) is 1. The molecule has 0 unspecified atom stereocenters. The van der Waals surface area contributed by atoms with E-state index in [1.165, 1.54) is 0 Å². The van der Waals surface area contributed by atoms with Gasteiger partial charge in [-0.1, -0.05) is 32.0 Å². The maximum atomic E-state index is 12.7. The Bertz CT molecular complexity index is 1050. The van der Waals surface area contributed by atoms with Crippen LogP contribution in [0.2, 0.25) is 0 Å². The van der Waals surface area contributed by atoms with E-state index in [9.17, 15) is 14.4 Å². The van der Waals surface area contributed by atoms with Crippen LogP contribution in [0, 0.1) is 12.8 Å². The van der Waals surface area contributed by atoms with Crippen LogP contribution in [0.3, 0.4) is 0 Å². The number of imide groups is 1. The zero-order valence-corrected chi connectivity index (χ0v) is 19.9. The first-order valence-corrected chi connectivity index (χ1v) is 11.4. The van der Waals surface area contributed by atoms with Gasteiger partial charge in [0.2, 0.25) is 5.91 Å². The summed E-state index contributed by atoms with van der Waals surface area (Å²) in [6.45, 7) is 6.32. The number of carbonyl (C=O) groups excluding carboxylic acids is 3. The number of rotatable bonds is 7. The summed E-state index contributed by atoms with van der Waals surface area (Å²) in [5.41, 5.74) is 2.37. The molecule has 1 fully saturated rings. The van der Waals surface area contributed by atoms with Crippen LogP contribution in [-0.4, -0.2) is 35.1 Å². The zero-order chi connectivity index (χ0) is 22.5. The van der Waals surface area contributed by atoms with Crippen molar-refractivity contribution >= 4 is 56.5 Å². The van der Waals surface area contributed by atoms with E-state index >= 15 is 0 Å². The highest BCUT2D eigenvalue weighted by Crippen LogP contribution is 2.34. The monoisotopic (exact) mass is 502 g/mol. The fourth-order valence-electron chi connectivity index (χ4n) is 2.83. The van der Waals surface area contributed by atoms with Crippen LogP contribution >= 0.6 is 27.7 Å². The molecule has 162 valence electrons. The molecule has 1 aliphatic rings. The summed E-state index contributed by atoms with van der Waals surface area (Å²) in [5, 5.41) is 2.25.